The molecule has 0 saturated carbocycles. The number of rotatable bonds is 18. The van der Waals surface area contributed by atoms with Crippen LogP contribution >= 0.6 is 0 Å². The molecule has 0 aliphatic rings. The number of carbonyl (C=O) groups excluding carboxylic acids is 3. The summed E-state index contributed by atoms with van der Waals surface area (Å²) < 4.78 is 66.9. The third kappa shape index (κ3) is 11.6. The molecule has 2 aromatic heterocycles. The van der Waals surface area contributed by atoms with Gasteiger partial charge in [-0.05, 0) is 61.2 Å². The van der Waals surface area contributed by atoms with Gasteiger partial charge in [-0.1, -0.05) is 13.0 Å². The second-order valence-electron chi connectivity index (χ2n) is 12.9. The molecule has 0 bridgehead atoms. The number of aryl methyl sites for hydroxylation is 3. The normalized spacial score (nSPS) is 12.7. The number of nitrogens with zero attached hydrogens (tertiary/aromatic N) is 2. The first-order valence-electron chi connectivity index (χ1n) is 16.9. The van der Waals surface area contributed by atoms with Crippen LogP contribution in [0.4, 0.5) is 5.95 Å². The number of pyridine rings is 1. The van der Waals surface area contributed by atoms with E-state index in [0.717, 1.165) is 5.56 Å². The summed E-state index contributed by atoms with van der Waals surface area (Å²) in [6.07, 6.45) is 4.65. The molecular formula is C34H42N8O12S2. The number of benzene rings is 2. The fourth-order valence-electron chi connectivity index (χ4n) is 5.61. The summed E-state index contributed by atoms with van der Waals surface area (Å²) >= 11 is 0. The van der Waals surface area contributed by atoms with Crippen molar-refractivity contribution in [1.29, 1.82) is 0 Å². The smallest absolute Gasteiger partial charge is 0.323 e. The Morgan fingerprint density at radius 3 is 2.36 bits per heavy atom. The van der Waals surface area contributed by atoms with E-state index in [0.29, 0.717) is 18.0 Å². The Bertz CT molecular complexity index is 2380. The molecule has 22 heteroatoms. The number of aromatic nitrogens is 3. The maximum Gasteiger partial charge on any atom is 0.323 e. The predicted octanol–water partition coefficient (Wildman–Crippen LogP) is 0.482. The number of hydrogen-bond acceptors (Lipinski definition) is 12. The Hall–Kier alpha value is -5.84. The Balaban J connectivity index is 1.33. The number of aliphatic carboxylic acids is 1. The number of ether oxygens (including phenoxy) is 1. The monoisotopic (exact) mass is 818 g/mol. The fourth-order valence-corrected chi connectivity index (χ4v) is 8.04. The van der Waals surface area contributed by atoms with Crippen molar-refractivity contribution in [3.63, 3.8) is 0 Å². The number of anilines is 1. The topological polar surface area (TPSA) is 297 Å². The number of aromatic amines is 1. The summed E-state index contributed by atoms with van der Waals surface area (Å²) in [6, 6.07) is 6.08. The molecule has 2 aromatic carbocycles. The van der Waals surface area contributed by atoms with Crippen LogP contribution in [0.3, 0.4) is 0 Å². The molecule has 302 valence electrons. The highest BCUT2D eigenvalue weighted by Crippen LogP contribution is 2.26. The SMILES string of the molecule is Cc1cc(OCCCC(=O)NNC(=O)[C@@H](C)CS(=O)(=O)O)cc(C)c1S(=O)(=O)N[C@@H](CNC(=O)c1cn(C)c2cc(CNc3ncc[nH]3)ccc2c1=O)C(=O)O. The molecule has 56 heavy (non-hydrogen) atoms. The number of imidazole rings is 1. The van der Waals surface area contributed by atoms with Gasteiger partial charge in [-0.25, -0.2) is 13.4 Å². The quantitative estimate of drug-likeness (QED) is 0.0385. The highest BCUT2D eigenvalue weighted by molar-refractivity contribution is 7.89. The van der Waals surface area contributed by atoms with Crippen molar-refractivity contribution in [2.75, 3.05) is 24.2 Å². The molecule has 0 unspecified atom stereocenters. The molecule has 0 spiro atoms. The van der Waals surface area contributed by atoms with Gasteiger partial charge in [-0.3, -0.25) is 39.4 Å². The molecule has 8 N–H and O–H groups in total. The number of H-pyrrole nitrogens is 1. The lowest BCUT2D eigenvalue weighted by atomic mass is 10.1. The summed E-state index contributed by atoms with van der Waals surface area (Å²) in [5.41, 5.74) is 5.12. The van der Waals surface area contributed by atoms with E-state index in [2.05, 4.69) is 36.2 Å². The van der Waals surface area contributed by atoms with Crippen molar-refractivity contribution in [3.05, 3.63) is 81.4 Å². The van der Waals surface area contributed by atoms with Crippen LogP contribution in [-0.4, -0.2) is 89.7 Å². The van der Waals surface area contributed by atoms with E-state index < -0.39 is 73.5 Å². The summed E-state index contributed by atoms with van der Waals surface area (Å²) in [7, 11) is -7.22. The first-order valence-corrected chi connectivity index (χ1v) is 20.0. The van der Waals surface area contributed by atoms with E-state index in [9.17, 15) is 45.9 Å². The molecule has 0 radical (unpaired) electrons. The van der Waals surface area contributed by atoms with Crippen LogP contribution in [-0.2, 0) is 48.1 Å². The largest absolute Gasteiger partial charge is 0.494 e. The standard InChI is InChI=1S/C34H42N8O12S2/c1-19-12-23(54-11-5-6-28(43)39-40-31(45)21(3)18-55(49,50)51)13-20(2)30(19)56(52,53)41-26(33(47)48)16-37-32(46)25-17-42(4)27-14-22(7-8-24(27)29(25)44)15-38-34-35-9-10-36-34/h7-10,12-14,17,21,26,41H,5-6,11,15-16,18H2,1-4H3,(H,37,46)(H,39,43)(H,40,45)(H,47,48)(H2,35,36,38)(H,49,50,51)/t21-,26-/m0/s1. The van der Waals surface area contributed by atoms with E-state index in [1.807, 2.05) is 0 Å². The van der Waals surface area contributed by atoms with Crippen molar-refractivity contribution in [2.45, 2.75) is 51.1 Å². The van der Waals surface area contributed by atoms with Crippen molar-refractivity contribution in [2.24, 2.45) is 13.0 Å². The number of sulfonamides is 1. The second kappa shape index (κ2) is 18.2. The van der Waals surface area contributed by atoms with Crippen molar-refractivity contribution in [3.8, 4) is 5.75 Å². The number of carboxylic acid groups (broad SMARTS) is 1. The number of hydrazine groups is 1. The van der Waals surface area contributed by atoms with Crippen LogP contribution in [0.25, 0.3) is 10.9 Å². The molecule has 20 nitrogen and oxygen atoms in total. The van der Waals surface area contributed by atoms with E-state index in [1.165, 1.54) is 39.1 Å². The second-order valence-corrected chi connectivity index (χ2v) is 16.0. The molecule has 2 atom stereocenters. The highest BCUT2D eigenvalue weighted by Gasteiger charge is 2.29. The third-order valence-corrected chi connectivity index (χ3v) is 11.0. The zero-order chi connectivity index (χ0) is 41.4. The zero-order valence-electron chi connectivity index (χ0n) is 30.7. The van der Waals surface area contributed by atoms with Gasteiger partial charge in [0.1, 0.15) is 17.4 Å². The van der Waals surface area contributed by atoms with E-state index in [-0.39, 0.29) is 52.2 Å². The maximum absolute atomic E-state index is 13.4. The number of carboxylic acids is 1. The predicted molar refractivity (Wildman–Crippen MR) is 202 cm³/mol. The molecule has 3 amide bonds. The molecule has 0 saturated heterocycles. The Kier molecular flexibility index (Phi) is 13.9. The van der Waals surface area contributed by atoms with Crippen LogP contribution in [0.15, 0.2) is 58.6 Å². The maximum atomic E-state index is 13.4. The minimum atomic E-state index is -4.48. The number of amides is 3. The van der Waals surface area contributed by atoms with E-state index in [4.69, 9.17) is 9.29 Å². The molecule has 4 aromatic rings. The van der Waals surface area contributed by atoms with Gasteiger partial charge in [-0.15, -0.1) is 0 Å². The van der Waals surface area contributed by atoms with Gasteiger partial charge in [0, 0.05) is 50.5 Å². The summed E-state index contributed by atoms with van der Waals surface area (Å²) in [6.45, 7) is 3.92. The Morgan fingerprint density at radius 2 is 1.73 bits per heavy atom. The van der Waals surface area contributed by atoms with Crippen LogP contribution in [0.2, 0.25) is 0 Å². The van der Waals surface area contributed by atoms with Gasteiger partial charge >= 0.3 is 5.97 Å². The van der Waals surface area contributed by atoms with Crippen LogP contribution in [0.5, 0.6) is 5.75 Å². The van der Waals surface area contributed by atoms with Crippen molar-refractivity contribution < 1.29 is 50.4 Å². The van der Waals surface area contributed by atoms with Crippen LogP contribution < -0.4 is 36.4 Å². The fraction of sp³-hybridized carbons (Fsp3) is 0.353. The van der Waals surface area contributed by atoms with Crippen molar-refractivity contribution >= 4 is 60.7 Å². The minimum Gasteiger partial charge on any atom is -0.494 e. The lowest BCUT2D eigenvalue weighted by Gasteiger charge is -2.19. The Morgan fingerprint density at radius 1 is 1.04 bits per heavy atom. The number of nitrogens with one attached hydrogen (secondary N) is 6. The van der Waals surface area contributed by atoms with Gasteiger partial charge in [0.25, 0.3) is 16.0 Å². The lowest BCUT2D eigenvalue weighted by molar-refractivity contribution is -0.138. The summed E-state index contributed by atoms with van der Waals surface area (Å²) in [5, 5.41) is 15.6. The zero-order valence-corrected chi connectivity index (χ0v) is 32.3. The van der Waals surface area contributed by atoms with Gasteiger partial charge in [0.05, 0.1) is 28.7 Å². The molecule has 0 aliphatic heterocycles. The van der Waals surface area contributed by atoms with Crippen molar-refractivity contribution in [1.82, 2.24) is 35.4 Å². The number of fused-ring (bicyclic) bond motifs is 1. The highest BCUT2D eigenvalue weighted by atomic mass is 32.2. The molecule has 2 heterocycles. The molecule has 0 aliphatic carbocycles. The summed E-state index contributed by atoms with van der Waals surface area (Å²) in [4.78, 5) is 69.3. The average molecular weight is 819 g/mol. The van der Waals surface area contributed by atoms with E-state index >= 15 is 0 Å². The number of hydrogen-bond donors (Lipinski definition) is 8. The molecular weight excluding hydrogens is 777 g/mol. The third-order valence-electron chi connectivity index (χ3n) is 8.27. The number of carbonyl (C=O) groups is 4. The first-order chi connectivity index (χ1) is 26.3. The Labute approximate surface area is 321 Å². The minimum absolute atomic E-state index is 0.00980. The molecule has 0 fully saturated rings. The van der Waals surface area contributed by atoms with E-state index in [1.54, 1.807) is 42.2 Å². The van der Waals surface area contributed by atoms with Gasteiger partial charge in [-0.2, -0.15) is 13.1 Å². The molecule has 4 rings (SSSR count). The summed E-state index contributed by atoms with van der Waals surface area (Å²) in [5.74, 6) is -5.01. The average Bonchev–Trinajstić information content (AvgIpc) is 3.64. The van der Waals surface area contributed by atoms with Crippen LogP contribution in [0, 0.1) is 19.8 Å². The lowest BCUT2D eigenvalue weighted by Crippen LogP contribution is -2.49. The van der Waals surface area contributed by atoms with Gasteiger partial charge in [0.15, 0.2) is 5.95 Å². The first kappa shape index (κ1) is 42.9. The van der Waals surface area contributed by atoms with Crippen LogP contribution in [0.1, 0.15) is 46.8 Å². The van der Waals surface area contributed by atoms with Gasteiger partial charge < -0.3 is 30.0 Å². The van der Waals surface area contributed by atoms with Gasteiger partial charge in [0.2, 0.25) is 27.3 Å².